The third kappa shape index (κ3) is 4.75. The van der Waals surface area contributed by atoms with Gasteiger partial charge in [-0.15, -0.1) is 0 Å². The Bertz CT molecular complexity index is 1660. The summed E-state index contributed by atoms with van der Waals surface area (Å²) in [6, 6.07) is 23.1. The molecular weight excluding hydrogens is 622 g/mol. The maximum Gasteiger partial charge on any atom is 0.308 e. The zero-order valence-corrected chi connectivity index (χ0v) is 24.0. The summed E-state index contributed by atoms with van der Waals surface area (Å²) in [6.45, 7) is -0.224. The molecule has 3 aromatic carbocycles. The zero-order chi connectivity index (χ0) is 27.3. The zero-order valence-electron chi connectivity index (χ0n) is 20.0. The molecule has 0 spiro atoms. The van der Waals surface area contributed by atoms with Gasteiger partial charge in [-0.25, -0.2) is 4.90 Å². The third-order valence-corrected chi connectivity index (χ3v) is 10.1. The second kappa shape index (κ2) is 10.4. The fourth-order valence-electron chi connectivity index (χ4n) is 5.00. The lowest BCUT2D eigenvalue weighted by atomic mass is 9.83. The standard InChI is InChI=1S/C28H19BrClN3O4S2/c29-16-6-12-19(13-7-16)33-25(35)22-21(15-4-2-1-3-5-15)24-27(38-23(22)26(33)36)32(28(37)39-24)14-20(34)31-18-10-8-17(30)9-11-18/h1-13,21-23H,14H2,(H,31,34). The van der Waals surface area contributed by atoms with Crippen molar-refractivity contribution in [3.63, 3.8) is 0 Å². The summed E-state index contributed by atoms with van der Waals surface area (Å²) in [5, 5.41) is 3.14. The fraction of sp³-hybridized carbons (Fsp3) is 0.143. The smallest absolute Gasteiger partial charge is 0.308 e. The van der Waals surface area contributed by atoms with E-state index in [1.807, 2.05) is 30.3 Å². The van der Waals surface area contributed by atoms with Crippen LogP contribution in [0.15, 0.2) is 93.2 Å². The predicted molar refractivity (Wildman–Crippen MR) is 157 cm³/mol. The van der Waals surface area contributed by atoms with E-state index >= 15 is 0 Å². The first kappa shape index (κ1) is 26.1. The van der Waals surface area contributed by atoms with Gasteiger partial charge >= 0.3 is 4.87 Å². The van der Waals surface area contributed by atoms with Crippen LogP contribution in [0.4, 0.5) is 11.4 Å². The minimum absolute atomic E-state index is 0.224. The highest BCUT2D eigenvalue weighted by atomic mass is 79.9. The molecule has 3 atom stereocenters. The molecule has 3 amide bonds. The number of benzene rings is 3. The minimum atomic E-state index is -0.738. The summed E-state index contributed by atoms with van der Waals surface area (Å²) in [4.78, 5) is 55.3. The molecule has 0 bridgehead atoms. The molecule has 6 rings (SSSR count). The van der Waals surface area contributed by atoms with Gasteiger partial charge in [-0.05, 0) is 54.1 Å². The summed E-state index contributed by atoms with van der Waals surface area (Å²) in [5.41, 5.74) is 1.89. The maximum absolute atomic E-state index is 13.9. The van der Waals surface area contributed by atoms with Crippen molar-refractivity contribution in [1.82, 2.24) is 4.57 Å². The molecule has 7 nitrogen and oxygen atoms in total. The van der Waals surface area contributed by atoms with E-state index in [1.165, 1.54) is 21.2 Å². The molecule has 1 fully saturated rings. The van der Waals surface area contributed by atoms with Crippen molar-refractivity contribution in [1.29, 1.82) is 0 Å². The number of fused-ring (bicyclic) bond motifs is 2. The molecule has 3 heterocycles. The lowest BCUT2D eigenvalue weighted by Crippen LogP contribution is -2.33. The number of thiazole rings is 1. The normalized spacial score (nSPS) is 20.1. The van der Waals surface area contributed by atoms with Crippen LogP contribution in [0.2, 0.25) is 5.02 Å². The Kier molecular flexibility index (Phi) is 6.96. The third-order valence-electron chi connectivity index (χ3n) is 6.72. The van der Waals surface area contributed by atoms with Gasteiger partial charge in [0.05, 0.1) is 16.6 Å². The first-order valence-electron chi connectivity index (χ1n) is 12.0. The molecule has 1 aromatic heterocycles. The van der Waals surface area contributed by atoms with Crippen molar-refractivity contribution in [3.05, 3.63) is 108 Å². The van der Waals surface area contributed by atoms with Crippen molar-refractivity contribution in [3.8, 4) is 0 Å². The molecule has 0 saturated carbocycles. The number of carbonyl (C=O) groups is 3. The fourth-order valence-corrected chi connectivity index (χ4v) is 8.16. The number of nitrogens with one attached hydrogen (secondary N) is 1. The number of imide groups is 1. The van der Waals surface area contributed by atoms with E-state index in [-0.39, 0.29) is 29.1 Å². The molecule has 1 N–H and O–H groups in total. The van der Waals surface area contributed by atoms with Gasteiger partial charge in [0.25, 0.3) is 0 Å². The summed E-state index contributed by atoms with van der Waals surface area (Å²) in [7, 11) is 0. The number of thioether (sulfide) groups is 1. The highest BCUT2D eigenvalue weighted by Crippen LogP contribution is 2.53. The Hall–Kier alpha value is -3.18. The first-order chi connectivity index (χ1) is 18.8. The molecule has 3 unspecified atom stereocenters. The molecule has 2 aliphatic heterocycles. The number of hydrogen-bond acceptors (Lipinski definition) is 6. The highest BCUT2D eigenvalue weighted by molar-refractivity contribution is 9.10. The largest absolute Gasteiger partial charge is 0.325 e. The van der Waals surface area contributed by atoms with Crippen molar-refractivity contribution in [2.75, 3.05) is 10.2 Å². The molecular formula is C28H19BrClN3O4S2. The maximum atomic E-state index is 13.9. The van der Waals surface area contributed by atoms with Gasteiger partial charge in [-0.2, -0.15) is 0 Å². The average molecular weight is 641 g/mol. The van der Waals surface area contributed by atoms with Gasteiger partial charge < -0.3 is 5.32 Å². The quantitative estimate of drug-likeness (QED) is 0.280. The first-order valence-corrected chi connectivity index (χ1v) is 14.8. The lowest BCUT2D eigenvalue weighted by molar-refractivity contribution is -0.122. The molecule has 4 aromatic rings. The number of amides is 3. The predicted octanol–water partition coefficient (Wildman–Crippen LogP) is 5.76. The highest BCUT2D eigenvalue weighted by Gasteiger charge is 2.56. The van der Waals surface area contributed by atoms with Crippen LogP contribution in [0.25, 0.3) is 0 Å². The van der Waals surface area contributed by atoms with Crippen molar-refractivity contribution < 1.29 is 14.4 Å². The number of carbonyl (C=O) groups excluding carboxylic acids is 3. The van der Waals surface area contributed by atoms with Crippen LogP contribution in [-0.2, 0) is 20.9 Å². The Morgan fingerprint density at radius 1 is 0.923 bits per heavy atom. The summed E-state index contributed by atoms with van der Waals surface area (Å²) in [5.74, 6) is -2.20. The SMILES string of the molecule is O=C(Cn1c2c(sc1=O)C(c1ccccc1)C1C(=O)N(c3ccc(Br)cc3)C(=O)C1S2)Nc1ccc(Cl)cc1. The topological polar surface area (TPSA) is 88.5 Å². The van der Waals surface area contributed by atoms with Crippen LogP contribution in [-0.4, -0.2) is 27.5 Å². The molecule has 0 radical (unpaired) electrons. The number of halogens is 2. The molecule has 1 saturated heterocycles. The van der Waals surface area contributed by atoms with Crippen LogP contribution >= 0.6 is 50.6 Å². The summed E-state index contributed by atoms with van der Waals surface area (Å²) >= 11 is 11.5. The lowest BCUT2D eigenvalue weighted by Gasteiger charge is -2.30. The Morgan fingerprint density at radius 3 is 2.31 bits per heavy atom. The summed E-state index contributed by atoms with van der Waals surface area (Å²) in [6.07, 6.45) is 0. The van der Waals surface area contributed by atoms with E-state index in [4.69, 9.17) is 11.6 Å². The molecule has 39 heavy (non-hydrogen) atoms. The van der Waals surface area contributed by atoms with Gasteiger partial charge in [0.1, 0.15) is 11.8 Å². The monoisotopic (exact) mass is 639 g/mol. The van der Waals surface area contributed by atoms with E-state index in [0.29, 0.717) is 26.3 Å². The number of rotatable bonds is 5. The van der Waals surface area contributed by atoms with Crippen molar-refractivity contribution in [2.24, 2.45) is 5.92 Å². The van der Waals surface area contributed by atoms with Gasteiger partial charge in [0, 0.05) is 26.0 Å². The number of nitrogens with zero attached hydrogens (tertiary/aromatic N) is 2. The molecule has 0 aliphatic carbocycles. The van der Waals surface area contributed by atoms with Gasteiger partial charge in [0.15, 0.2) is 0 Å². The minimum Gasteiger partial charge on any atom is -0.325 e. The van der Waals surface area contributed by atoms with Gasteiger partial charge in [0.2, 0.25) is 17.7 Å². The van der Waals surface area contributed by atoms with E-state index in [2.05, 4.69) is 21.2 Å². The van der Waals surface area contributed by atoms with Crippen LogP contribution in [0.1, 0.15) is 16.4 Å². The van der Waals surface area contributed by atoms with E-state index in [1.54, 1.807) is 48.5 Å². The molecule has 2 aliphatic rings. The van der Waals surface area contributed by atoms with Crippen LogP contribution in [0, 0.1) is 5.92 Å². The van der Waals surface area contributed by atoms with E-state index in [0.717, 1.165) is 21.4 Å². The number of anilines is 2. The molecule has 11 heteroatoms. The Balaban J connectivity index is 1.39. The van der Waals surface area contributed by atoms with Crippen LogP contribution < -0.4 is 15.1 Å². The van der Waals surface area contributed by atoms with Crippen molar-refractivity contribution >= 4 is 79.7 Å². The van der Waals surface area contributed by atoms with Gasteiger partial charge in [-0.3, -0.25) is 23.7 Å². The van der Waals surface area contributed by atoms with Crippen molar-refractivity contribution in [2.45, 2.75) is 22.7 Å². The molecule has 196 valence electrons. The van der Waals surface area contributed by atoms with E-state index < -0.39 is 17.1 Å². The Labute approximate surface area is 244 Å². The number of aromatic nitrogens is 1. The average Bonchev–Trinajstić information content (AvgIpc) is 3.37. The number of hydrogen-bond donors (Lipinski definition) is 1. The second-order valence-electron chi connectivity index (χ2n) is 9.12. The van der Waals surface area contributed by atoms with Gasteiger partial charge in [-0.1, -0.05) is 81.0 Å². The van der Waals surface area contributed by atoms with Crippen LogP contribution in [0.5, 0.6) is 0 Å². The van der Waals surface area contributed by atoms with Crippen LogP contribution in [0.3, 0.4) is 0 Å². The van der Waals surface area contributed by atoms with E-state index in [9.17, 15) is 19.2 Å². The summed E-state index contributed by atoms with van der Waals surface area (Å²) < 4.78 is 2.24. The second-order valence-corrected chi connectivity index (χ2v) is 12.6. The Morgan fingerprint density at radius 2 is 1.62 bits per heavy atom.